The first kappa shape index (κ1) is 16.8. The number of hydrogen-bond acceptors (Lipinski definition) is 2. The molecule has 22 heavy (non-hydrogen) atoms. The van der Waals surface area contributed by atoms with Gasteiger partial charge in [-0.15, -0.1) is 0 Å². The third-order valence-electron chi connectivity index (χ3n) is 3.70. The van der Waals surface area contributed by atoms with Crippen molar-refractivity contribution in [2.75, 3.05) is 26.2 Å². The van der Waals surface area contributed by atoms with Crippen LogP contribution in [0.5, 0.6) is 0 Å². The Bertz CT molecular complexity index is 522. The van der Waals surface area contributed by atoms with Crippen molar-refractivity contribution >= 4 is 27.9 Å². The average molecular weight is 368 g/mol. The van der Waals surface area contributed by atoms with Crippen LogP contribution in [0.1, 0.15) is 24.8 Å². The second-order valence-corrected chi connectivity index (χ2v) is 6.22. The minimum absolute atomic E-state index is 0.153. The molecule has 2 rings (SSSR count). The van der Waals surface area contributed by atoms with Gasteiger partial charge in [-0.25, -0.2) is 4.79 Å². The molecular formula is C16H22BrN3O2. The lowest BCUT2D eigenvalue weighted by molar-refractivity contribution is -0.127. The smallest absolute Gasteiger partial charge is 0.314 e. The summed E-state index contributed by atoms with van der Waals surface area (Å²) in [6.45, 7) is 2.77. The van der Waals surface area contributed by atoms with E-state index in [2.05, 4.69) is 26.6 Å². The summed E-state index contributed by atoms with van der Waals surface area (Å²) in [4.78, 5) is 25.0. The molecule has 0 radical (unpaired) electrons. The highest BCUT2D eigenvalue weighted by Crippen LogP contribution is 2.15. The Morgan fingerprint density at radius 1 is 1.23 bits per heavy atom. The van der Waals surface area contributed by atoms with Crippen molar-refractivity contribution in [1.82, 2.24) is 15.5 Å². The quantitative estimate of drug-likeness (QED) is 0.726. The van der Waals surface area contributed by atoms with Crippen LogP contribution < -0.4 is 10.6 Å². The molecule has 1 aliphatic rings. The number of amides is 3. The van der Waals surface area contributed by atoms with Crippen molar-refractivity contribution in [1.29, 1.82) is 0 Å². The molecule has 120 valence electrons. The predicted octanol–water partition coefficient (Wildman–Crippen LogP) is 2.30. The molecule has 1 heterocycles. The summed E-state index contributed by atoms with van der Waals surface area (Å²) in [6, 6.07) is 7.84. The van der Waals surface area contributed by atoms with E-state index in [1.165, 1.54) is 5.56 Å². The number of carbonyl (C=O) groups excluding carboxylic acids is 2. The highest BCUT2D eigenvalue weighted by atomic mass is 79.9. The van der Waals surface area contributed by atoms with Crippen molar-refractivity contribution < 1.29 is 9.59 Å². The first-order valence-electron chi connectivity index (χ1n) is 7.69. The number of urea groups is 1. The summed E-state index contributed by atoms with van der Waals surface area (Å²) in [5, 5.41) is 5.67. The topological polar surface area (TPSA) is 61.4 Å². The fourth-order valence-corrected chi connectivity index (χ4v) is 2.97. The zero-order valence-corrected chi connectivity index (χ0v) is 14.2. The SMILES string of the molecule is O=C(NCCCN1CCCC1=O)NCCc1ccccc1Br. The van der Waals surface area contributed by atoms with E-state index in [1.807, 2.05) is 29.2 Å². The minimum atomic E-state index is -0.153. The summed E-state index contributed by atoms with van der Waals surface area (Å²) in [6.07, 6.45) is 3.21. The van der Waals surface area contributed by atoms with Gasteiger partial charge in [0, 0.05) is 37.1 Å². The zero-order chi connectivity index (χ0) is 15.8. The minimum Gasteiger partial charge on any atom is -0.343 e. The van der Waals surface area contributed by atoms with Gasteiger partial charge < -0.3 is 15.5 Å². The van der Waals surface area contributed by atoms with E-state index in [-0.39, 0.29) is 11.9 Å². The van der Waals surface area contributed by atoms with Gasteiger partial charge in [-0.2, -0.15) is 0 Å². The first-order valence-corrected chi connectivity index (χ1v) is 8.49. The van der Waals surface area contributed by atoms with Gasteiger partial charge in [0.2, 0.25) is 5.91 Å². The Labute approximate surface area is 139 Å². The number of nitrogens with one attached hydrogen (secondary N) is 2. The van der Waals surface area contributed by atoms with E-state index in [0.29, 0.717) is 19.5 Å². The number of nitrogens with zero attached hydrogens (tertiary/aromatic N) is 1. The molecule has 6 heteroatoms. The van der Waals surface area contributed by atoms with E-state index in [4.69, 9.17) is 0 Å². The second-order valence-electron chi connectivity index (χ2n) is 5.36. The lowest BCUT2D eigenvalue weighted by Crippen LogP contribution is -2.38. The number of likely N-dealkylation sites (tertiary alicyclic amines) is 1. The molecule has 5 nitrogen and oxygen atoms in total. The van der Waals surface area contributed by atoms with E-state index in [0.717, 1.165) is 36.8 Å². The number of carbonyl (C=O) groups is 2. The van der Waals surface area contributed by atoms with Crippen LogP contribution in [0.3, 0.4) is 0 Å². The molecule has 0 unspecified atom stereocenters. The van der Waals surface area contributed by atoms with Crippen LogP contribution in [-0.2, 0) is 11.2 Å². The first-order chi connectivity index (χ1) is 10.7. The summed E-state index contributed by atoms with van der Waals surface area (Å²) in [5.41, 5.74) is 1.18. The largest absolute Gasteiger partial charge is 0.343 e. The van der Waals surface area contributed by atoms with E-state index in [1.54, 1.807) is 0 Å². The number of hydrogen-bond donors (Lipinski definition) is 2. The predicted molar refractivity (Wildman–Crippen MR) is 89.7 cm³/mol. The molecule has 1 aromatic carbocycles. The number of rotatable bonds is 7. The van der Waals surface area contributed by atoms with Crippen molar-refractivity contribution in [3.63, 3.8) is 0 Å². The van der Waals surface area contributed by atoms with Crippen LogP contribution in [0.25, 0.3) is 0 Å². The van der Waals surface area contributed by atoms with Gasteiger partial charge in [-0.3, -0.25) is 4.79 Å². The molecule has 0 spiro atoms. The van der Waals surface area contributed by atoms with Crippen molar-refractivity contribution in [3.8, 4) is 0 Å². The van der Waals surface area contributed by atoms with Gasteiger partial charge in [0.15, 0.2) is 0 Å². The van der Waals surface area contributed by atoms with Crippen LogP contribution in [0.15, 0.2) is 28.7 Å². The lowest BCUT2D eigenvalue weighted by Gasteiger charge is -2.15. The maximum Gasteiger partial charge on any atom is 0.314 e. The molecule has 3 amide bonds. The van der Waals surface area contributed by atoms with Crippen LogP contribution in [0.2, 0.25) is 0 Å². The summed E-state index contributed by atoms with van der Waals surface area (Å²) < 4.78 is 1.06. The number of benzene rings is 1. The fourth-order valence-electron chi connectivity index (χ4n) is 2.49. The van der Waals surface area contributed by atoms with Crippen LogP contribution in [0, 0.1) is 0 Å². The Hall–Kier alpha value is -1.56. The van der Waals surface area contributed by atoms with E-state index in [9.17, 15) is 9.59 Å². The molecule has 1 aliphatic heterocycles. The Balaban J connectivity index is 1.54. The number of halogens is 1. The zero-order valence-electron chi connectivity index (χ0n) is 12.6. The molecule has 0 aliphatic carbocycles. The van der Waals surface area contributed by atoms with Gasteiger partial charge in [0.05, 0.1) is 0 Å². The highest BCUT2D eigenvalue weighted by molar-refractivity contribution is 9.10. The average Bonchev–Trinajstić information content (AvgIpc) is 2.91. The summed E-state index contributed by atoms with van der Waals surface area (Å²) in [7, 11) is 0. The van der Waals surface area contributed by atoms with Crippen molar-refractivity contribution in [3.05, 3.63) is 34.3 Å². The van der Waals surface area contributed by atoms with Gasteiger partial charge in [-0.1, -0.05) is 34.1 Å². The molecule has 2 N–H and O–H groups in total. The summed E-state index contributed by atoms with van der Waals surface area (Å²) >= 11 is 3.49. The maximum absolute atomic E-state index is 11.7. The highest BCUT2D eigenvalue weighted by Gasteiger charge is 2.18. The molecule has 1 fully saturated rings. The second kappa shape index (κ2) is 8.78. The molecule has 1 saturated heterocycles. The monoisotopic (exact) mass is 367 g/mol. The van der Waals surface area contributed by atoms with Gasteiger partial charge in [-0.05, 0) is 30.9 Å². The maximum atomic E-state index is 11.7. The molecular weight excluding hydrogens is 346 g/mol. The van der Waals surface area contributed by atoms with Crippen LogP contribution in [0.4, 0.5) is 4.79 Å². The molecule has 0 aromatic heterocycles. The Kier molecular flexibility index (Phi) is 6.71. The Morgan fingerprint density at radius 3 is 2.73 bits per heavy atom. The van der Waals surface area contributed by atoms with Crippen molar-refractivity contribution in [2.24, 2.45) is 0 Å². The normalized spacial score (nSPS) is 14.2. The van der Waals surface area contributed by atoms with Crippen LogP contribution in [-0.4, -0.2) is 43.0 Å². The molecule has 0 saturated carbocycles. The van der Waals surface area contributed by atoms with Gasteiger partial charge in [0.25, 0.3) is 0 Å². The van der Waals surface area contributed by atoms with E-state index >= 15 is 0 Å². The third-order valence-corrected chi connectivity index (χ3v) is 4.47. The third kappa shape index (κ3) is 5.33. The van der Waals surface area contributed by atoms with Gasteiger partial charge in [0.1, 0.15) is 0 Å². The van der Waals surface area contributed by atoms with E-state index < -0.39 is 0 Å². The van der Waals surface area contributed by atoms with Crippen LogP contribution >= 0.6 is 15.9 Å². The lowest BCUT2D eigenvalue weighted by atomic mass is 10.1. The van der Waals surface area contributed by atoms with Gasteiger partial charge >= 0.3 is 6.03 Å². The Morgan fingerprint density at radius 2 is 2.00 bits per heavy atom. The standard InChI is InChI=1S/C16H22BrN3O2/c17-14-6-2-1-5-13(14)8-10-19-16(22)18-9-4-12-20-11-3-7-15(20)21/h1-2,5-6H,3-4,7-12H2,(H2,18,19,22). The fraction of sp³-hybridized carbons (Fsp3) is 0.500. The summed E-state index contributed by atoms with van der Waals surface area (Å²) in [5.74, 6) is 0.234. The molecule has 1 aromatic rings. The molecule has 0 atom stereocenters. The van der Waals surface area contributed by atoms with Crippen molar-refractivity contribution in [2.45, 2.75) is 25.7 Å². The molecule has 0 bridgehead atoms.